The number of benzene rings is 1. The monoisotopic (exact) mass is 390 g/mol. The molecule has 146 valence electrons. The number of hydrogen-bond acceptors (Lipinski definition) is 5. The lowest BCUT2D eigenvalue weighted by molar-refractivity contribution is 0.0976. The fourth-order valence-corrected chi connectivity index (χ4v) is 4.94. The standard InChI is InChI=1S/C21H27ClN2O3/c1-12-8-15-20(23)18(22)9-14(21(15)27-12)19(25)5-4-13-16-10-24(11-17(13)16)6-3-7-26-2/h8-9,13,16-17H,3-7,10-11,23H2,1-2H3. The number of Topliss-reactive ketones (excluding diaryl/α,β-unsaturated/α-hetero) is 1. The second-order valence-electron chi connectivity index (χ2n) is 7.98. The van der Waals surface area contributed by atoms with Crippen molar-refractivity contribution in [1.29, 1.82) is 0 Å². The predicted molar refractivity (Wildman–Crippen MR) is 107 cm³/mol. The number of anilines is 1. The highest BCUT2D eigenvalue weighted by atomic mass is 35.5. The lowest BCUT2D eigenvalue weighted by atomic mass is 10.0. The molecule has 1 aliphatic carbocycles. The van der Waals surface area contributed by atoms with Gasteiger partial charge in [0.25, 0.3) is 0 Å². The van der Waals surface area contributed by atoms with Gasteiger partial charge in [0.15, 0.2) is 5.78 Å². The Morgan fingerprint density at radius 2 is 2.11 bits per heavy atom. The van der Waals surface area contributed by atoms with E-state index in [1.54, 1.807) is 13.2 Å². The third-order valence-electron chi connectivity index (χ3n) is 6.19. The SMILES string of the molecule is COCCCN1CC2C(CCC(=O)c3cc(Cl)c(N)c4cc(C)oc34)C2C1. The molecule has 1 aliphatic heterocycles. The molecule has 2 heterocycles. The summed E-state index contributed by atoms with van der Waals surface area (Å²) < 4.78 is 10.9. The van der Waals surface area contributed by atoms with E-state index in [-0.39, 0.29) is 5.78 Å². The molecule has 0 spiro atoms. The van der Waals surface area contributed by atoms with Gasteiger partial charge in [-0.25, -0.2) is 0 Å². The van der Waals surface area contributed by atoms with Crippen LogP contribution in [0.15, 0.2) is 16.5 Å². The Hall–Kier alpha value is -1.56. The van der Waals surface area contributed by atoms with Crippen molar-refractivity contribution >= 4 is 34.0 Å². The van der Waals surface area contributed by atoms with E-state index in [4.69, 9.17) is 26.5 Å². The van der Waals surface area contributed by atoms with Crippen LogP contribution in [0.1, 0.15) is 35.4 Å². The number of nitrogen functional groups attached to an aromatic ring is 1. The minimum absolute atomic E-state index is 0.0955. The van der Waals surface area contributed by atoms with Gasteiger partial charge in [0.2, 0.25) is 0 Å². The van der Waals surface area contributed by atoms with Gasteiger partial charge in [-0.3, -0.25) is 4.79 Å². The van der Waals surface area contributed by atoms with Gasteiger partial charge < -0.3 is 19.8 Å². The number of carbonyl (C=O) groups excluding carboxylic acids is 1. The van der Waals surface area contributed by atoms with Gasteiger partial charge in [-0.05, 0) is 49.7 Å². The molecule has 27 heavy (non-hydrogen) atoms. The number of furan rings is 1. The molecule has 2 N–H and O–H groups in total. The summed E-state index contributed by atoms with van der Waals surface area (Å²) >= 11 is 6.23. The van der Waals surface area contributed by atoms with E-state index in [1.807, 2.05) is 13.0 Å². The van der Waals surface area contributed by atoms with E-state index in [2.05, 4.69) is 4.90 Å². The normalized spacial score (nSPS) is 24.5. The summed E-state index contributed by atoms with van der Waals surface area (Å²) in [6.07, 6.45) is 2.58. The van der Waals surface area contributed by atoms with E-state index in [9.17, 15) is 4.79 Å². The summed E-state index contributed by atoms with van der Waals surface area (Å²) in [7, 11) is 1.75. The molecule has 1 aromatic carbocycles. The molecule has 2 fully saturated rings. The molecule has 2 atom stereocenters. The number of likely N-dealkylation sites (tertiary alicyclic amines) is 1. The highest BCUT2D eigenvalue weighted by Crippen LogP contribution is 2.54. The maximum Gasteiger partial charge on any atom is 0.166 e. The number of nitrogens with two attached hydrogens (primary N) is 1. The van der Waals surface area contributed by atoms with Crippen molar-refractivity contribution in [2.75, 3.05) is 39.1 Å². The molecule has 0 amide bonds. The minimum atomic E-state index is 0.0955. The van der Waals surface area contributed by atoms with Gasteiger partial charge in [0.05, 0.1) is 16.3 Å². The van der Waals surface area contributed by atoms with Crippen LogP contribution >= 0.6 is 11.6 Å². The summed E-state index contributed by atoms with van der Waals surface area (Å²) in [5.74, 6) is 3.05. The number of nitrogens with zero attached hydrogens (tertiary/aromatic N) is 1. The van der Waals surface area contributed by atoms with Crippen LogP contribution in [0.25, 0.3) is 11.0 Å². The average Bonchev–Trinajstić information content (AvgIpc) is 2.97. The van der Waals surface area contributed by atoms with Crippen molar-refractivity contribution in [3.63, 3.8) is 0 Å². The third kappa shape index (κ3) is 3.60. The van der Waals surface area contributed by atoms with Gasteiger partial charge >= 0.3 is 0 Å². The Kier molecular flexibility index (Phi) is 5.19. The highest BCUT2D eigenvalue weighted by Gasteiger charge is 2.54. The van der Waals surface area contributed by atoms with Crippen LogP contribution in [-0.2, 0) is 4.74 Å². The van der Waals surface area contributed by atoms with Crippen molar-refractivity contribution in [2.24, 2.45) is 17.8 Å². The van der Waals surface area contributed by atoms with Gasteiger partial charge in [-0.1, -0.05) is 11.6 Å². The van der Waals surface area contributed by atoms with Crippen LogP contribution < -0.4 is 5.73 Å². The summed E-state index contributed by atoms with van der Waals surface area (Å²) in [6.45, 7) is 6.14. The molecule has 0 radical (unpaired) electrons. The summed E-state index contributed by atoms with van der Waals surface area (Å²) in [4.78, 5) is 15.4. The molecule has 6 heteroatoms. The van der Waals surface area contributed by atoms with E-state index in [0.717, 1.165) is 49.0 Å². The van der Waals surface area contributed by atoms with Crippen molar-refractivity contribution < 1.29 is 13.9 Å². The molecule has 0 bridgehead atoms. The van der Waals surface area contributed by atoms with Gasteiger partial charge in [0, 0.05) is 45.2 Å². The van der Waals surface area contributed by atoms with E-state index < -0.39 is 0 Å². The van der Waals surface area contributed by atoms with Crippen LogP contribution in [0.3, 0.4) is 0 Å². The van der Waals surface area contributed by atoms with Gasteiger partial charge in [-0.15, -0.1) is 0 Å². The Bertz CT molecular complexity index is 851. The van der Waals surface area contributed by atoms with E-state index >= 15 is 0 Å². The summed E-state index contributed by atoms with van der Waals surface area (Å²) in [5, 5.41) is 1.15. The van der Waals surface area contributed by atoms with Crippen LogP contribution in [0, 0.1) is 24.7 Å². The Labute approximate surface area is 164 Å². The quantitative estimate of drug-likeness (QED) is 0.416. The zero-order valence-corrected chi connectivity index (χ0v) is 16.7. The first-order valence-electron chi connectivity index (χ1n) is 9.72. The second kappa shape index (κ2) is 7.46. The van der Waals surface area contributed by atoms with Crippen LogP contribution in [0.5, 0.6) is 0 Å². The number of ether oxygens (including phenoxy) is 1. The van der Waals surface area contributed by atoms with E-state index in [1.165, 1.54) is 13.1 Å². The zero-order valence-electron chi connectivity index (χ0n) is 16.0. The van der Waals surface area contributed by atoms with E-state index in [0.29, 0.717) is 34.2 Å². The number of halogens is 1. The number of ketones is 1. The van der Waals surface area contributed by atoms with Crippen LogP contribution in [-0.4, -0.2) is 44.0 Å². The summed E-state index contributed by atoms with van der Waals surface area (Å²) in [5.41, 5.74) is 7.64. The molecular formula is C21H27ClN2O3. The number of carbonyl (C=O) groups is 1. The molecule has 1 aromatic heterocycles. The Morgan fingerprint density at radius 3 is 2.81 bits per heavy atom. The largest absolute Gasteiger partial charge is 0.461 e. The molecule has 5 nitrogen and oxygen atoms in total. The zero-order chi connectivity index (χ0) is 19.1. The van der Waals surface area contributed by atoms with Crippen molar-refractivity contribution in [3.8, 4) is 0 Å². The number of rotatable bonds is 8. The first kappa shape index (κ1) is 18.8. The molecule has 2 unspecified atom stereocenters. The number of aryl methyl sites for hydroxylation is 1. The van der Waals surface area contributed by atoms with Crippen molar-refractivity contribution in [1.82, 2.24) is 4.90 Å². The number of methoxy groups -OCH3 is 1. The minimum Gasteiger partial charge on any atom is -0.461 e. The van der Waals surface area contributed by atoms with Gasteiger partial charge in [0.1, 0.15) is 11.3 Å². The lowest BCUT2D eigenvalue weighted by Gasteiger charge is -2.19. The molecule has 1 saturated heterocycles. The first-order valence-corrected chi connectivity index (χ1v) is 10.1. The number of piperidine rings is 1. The first-order chi connectivity index (χ1) is 13.0. The van der Waals surface area contributed by atoms with Crippen LogP contribution in [0.2, 0.25) is 5.02 Å². The molecule has 1 saturated carbocycles. The fraction of sp³-hybridized carbons (Fsp3) is 0.571. The Morgan fingerprint density at radius 1 is 1.37 bits per heavy atom. The maximum absolute atomic E-state index is 12.8. The van der Waals surface area contributed by atoms with Crippen LogP contribution in [0.4, 0.5) is 5.69 Å². The number of fused-ring (bicyclic) bond motifs is 2. The number of hydrogen-bond donors (Lipinski definition) is 1. The molecule has 2 aromatic rings. The predicted octanol–water partition coefficient (Wildman–Crippen LogP) is 4.15. The highest BCUT2D eigenvalue weighted by molar-refractivity contribution is 6.35. The lowest BCUT2D eigenvalue weighted by Crippen LogP contribution is -2.26. The molecule has 4 rings (SSSR count). The topological polar surface area (TPSA) is 68.7 Å². The van der Waals surface area contributed by atoms with Crippen molar-refractivity contribution in [3.05, 3.63) is 28.5 Å². The molecule has 2 aliphatic rings. The average molecular weight is 391 g/mol. The third-order valence-corrected chi connectivity index (χ3v) is 6.51. The summed E-state index contributed by atoms with van der Waals surface area (Å²) in [6, 6.07) is 3.51. The van der Waals surface area contributed by atoms with Gasteiger partial charge in [-0.2, -0.15) is 0 Å². The maximum atomic E-state index is 12.8. The smallest absolute Gasteiger partial charge is 0.166 e. The fourth-order valence-electron chi connectivity index (χ4n) is 4.73. The second-order valence-corrected chi connectivity index (χ2v) is 8.39. The molecular weight excluding hydrogens is 364 g/mol. The Balaban J connectivity index is 1.34. The van der Waals surface area contributed by atoms with Crippen molar-refractivity contribution in [2.45, 2.75) is 26.2 Å².